The first-order chi connectivity index (χ1) is 15.7. The summed E-state index contributed by atoms with van der Waals surface area (Å²) < 4.78 is 9.68. The van der Waals surface area contributed by atoms with Gasteiger partial charge in [-0.15, -0.1) is 0 Å². The van der Waals surface area contributed by atoms with Crippen molar-refractivity contribution in [1.29, 1.82) is 0 Å². The molecule has 1 amide bonds. The molecule has 0 spiro atoms. The number of fused-ring (bicyclic) bond motifs is 1. The van der Waals surface area contributed by atoms with Gasteiger partial charge in [0.15, 0.2) is 0 Å². The van der Waals surface area contributed by atoms with Crippen LogP contribution >= 0.6 is 11.6 Å². The minimum absolute atomic E-state index is 0.0609. The van der Waals surface area contributed by atoms with Crippen LogP contribution in [0.4, 0.5) is 0 Å². The fourth-order valence-electron chi connectivity index (χ4n) is 4.42. The Labute approximate surface area is 199 Å². The molecule has 2 aromatic heterocycles. The average Bonchev–Trinajstić information content (AvgIpc) is 3.26. The number of hydrogen-bond acceptors (Lipinski definition) is 3. The largest absolute Gasteiger partial charge is 0.495 e. The summed E-state index contributed by atoms with van der Waals surface area (Å²) in [6.45, 7) is 8.74. The fraction of sp³-hybridized carbons (Fsp3) is 0.308. The summed E-state index contributed by atoms with van der Waals surface area (Å²) in [5, 5.41) is 0.432. The van der Waals surface area contributed by atoms with Crippen molar-refractivity contribution in [2.45, 2.75) is 40.3 Å². The zero-order valence-corrected chi connectivity index (χ0v) is 20.6. The number of aromatic nitrogens is 3. The number of methoxy groups -OCH3 is 1. The summed E-state index contributed by atoms with van der Waals surface area (Å²) >= 11 is 6.32. The van der Waals surface area contributed by atoms with Crippen LogP contribution in [0.2, 0.25) is 5.28 Å². The molecule has 2 aromatic carbocycles. The molecule has 2 heterocycles. The SMILES string of the molecule is COc1ccccc1-n1c(C)cc(CN(C)C(=O)c2ccc3c(c2)nc(Cl)n3C(C)C)c1C. The van der Waals surface area contributed by atoms with E-state index in [1.807, 2.05) is 54.1 Å². The highest BCUT2D eigenvalue weighted by atomic mass is 35.5. The van der Waals surface area contributed by atoms with Crippen molar-refractivity contribution in [3.05, 3.63) is 76.3 Å². The number of halogens is 1. The minimum Gasteiger partial charge on any atom is -0.495 e. The molecule has 6 nitrogen and oxygen atoms in total. The monoisotopic (exact) mass is 464 g/mol. The third-order valence-electron chi connectivity index (χ3n) is 6.03. The molecule has 0 fully saturated rings. The predicted molar refractivity (Wildman–Crippen MR) is 133 cm³/mol. The first-order valence-corrected chi connectivity index (χ1v) is 11.3. The van der Waals surface area contributed by atoms with Gasteiger partial charge in [0.05, 0.1) is 23.8 Å². The Morgan fingerprint density at radius 3 is 2.58 bits per heavy atom. The van der Waals surface area contributed by atoms with E-state index in [2.05, 4.69) is 43.3 Å². The molecule has 4 aromatic rings. The third kappa shape index (κ3) is 4.11. The molecule has 0 aliphatic rings. The molecule has 33 heavy (non-hydrogen) atoms. The van der Waals surface area contributed by atoms with Crippen molar-refractivity contribution < 1.29 is 9.53 Å². The average molecular weight is 465 g/mol. The summed E-state index contributed by atoms with van der Waals surface area (Å²) in [4.78, 5) is 19.4. The van der Waals surface area contributed by atoms with Crippen LogP contribution in [0.15, 0.2) is 48.5 Å². The Bertz CT molecular complexity index is 1340. The topological polar surface area (TPSA) is 52.3 Å². The van der Waals surface area contributed by atoms with Gasteiger partial charge in [-0.1, -0.05) is 12.1 Å². The molecule has 0 aliphatic carbocycles. The number of ether oxygens (including phenoxy) is 1. The highest BCUT2D eigenvalue weighted by Gasteiger charge is 2.19. The van der Waals surface area contributed by atoms with E-state index >= 15 is 0 Å². The summed E-state index contributed by atoms with van der Waals surface area (Å²) in [5.74, 6) is 0.747. The maximum atomic E-state index is 13.2. The van der Waals surface area contributed by atoms with Crippen molar-refractivity contribution in [2.24, 2.45) is 0 Å². The van der Waals surface area contributed by atoms with E-state index in [0.29, 0.717) is 17.4 Å². The van der Waals surface area contributed by atoms with Crippen molar-refractivity contribution >= 4 is 28.5 Å². The molecule has 0 N–H and O–H groups in total. The number of hydrogen-bond donors (Lipinski definition) is 0. The van der Waals surface area contributed by atoms with Gasteiger partial charge in [-0.05, 0) is 81.3 Å². The van der Waals surface area contributed by atoms with E-state index in [-0.39, 0.29) is 11.9 Å². The normalized spacial score (nSPS) is 11.4. The second-order valence-electron chi connectivity index (χ2n) is 8.61. The summed E-state index contributed by atoms with van der Waals surface area (Å²) in [6, 6.07) is 15.8. The lowest BCUT2D eigenvalue weighted by molar-refractivity contribution is 0.0785. The number of para-hydroxylation sites is 2. The number of amides is 1. The van der Waals surface area contributed by atoms with Crippen molar-refractivity contribution in [3.8, 4) is 11.4 Å². The van der Waals surface area contributed by atoms with Gasteiger partial charge in [0, 0.05) is 36.6 Å². The van der Waals surface area contributed by atoms with Crippen LogP contribution in [0.3, 0.4) is 0 Å². The predicted octanol–water partition coefficient (Wildman–Crippen LogP) is 5.96. The summed E-state index contributed by atoms with van der Waals surface area (Å²) in [5.41, 5.74) is 6.48. The molecule has 0 bridgehead atoms. The molecule has 0 unspecified atom stereocenters. The van der Waals surface area contributed by atoms with Crippen molar-refractivity contribution in [2.75, 3.05) is 14.2 Å². The molecule has 0 atom stereocenters. The number of aryl methyl sites for hydroxylation is 1. The standard InChI is InChI=1S/C26H29ClN4O2/c1-16(2)30-22-12-11-19(14-21(22)28-26(30)27)25(32)29(5)15-20-13-17(3)31(18(20)4)23-9-7-8-10-24(23)33-6/h7-14,16H,15H2,1-6H3. The Morgan fingerprint density at radius 1 is 1.15 bits per heavy atom. The second kappa shape index (κ2) is 8.94. The van der Waals surface area contributed by atoms with Crippen LogP contribution in [0.1, 0.15) is 47.2 Å². The van der Waals surface area contributed by atoms with Crippen molar-refractivity contribution in [1.82, 2.24) is 19.0 Å². The van der Waals surface area contributed by atoms with E-state index < -0.39 is 0 Å². The Morgan fingerprint density at radius 2 is 1.88 bits per heavy atom. The first-order valence-electron chi connectivity index (χ1n) is 11.0. The Balaban J connectivity index is 1.61. The zero-order chi connectivity index (χ0) is 23.9. The number of carbonyl (C=O) groups is 1. The van der Waals surface area contributed by atoms with E-state index in [0.717, 1.165) is 39.4 Å². The fourth-order valence-corrected chi connectivity index (χ4v) is 4.79. The molecular weight excluding hydrogens is 436 g/mol. The molecule has 172 valence electrons. The van der Waals surface area contributed by atoms with Crippen LogP contribution in [0.5, 0.6) is 5.75 Å². The van der Waals surface area contributed by atoms with Crippen molar-refractivity contribution in [3.63, 3.8) is 0 Å². The smallest absolute Gasteiger partial charge is 0.253 e. The van der Waals surface area contributed by atoms with Gasteiger partial charge in [-0.2, -0.15) is 0 Å². The van der Waals surface area contributed by atoms with Crippen LogP contribution in [0.25, 0.3) is 16.7 Å². The maximum absolute atomic E-state index is 13.2. The minimum atomic E-state index is -0.0609. The Kier molecular flexibility index (Phi) is 6.21. The van der Waals surface area contributed by atoms with E-state index in [1.165, 1.54) is 0 Å². The lowest BCUT2D eigenvalue weighted by atomic mass is 10.1. The van der Waals surface area contributed by atoms with Gasteiger partial charge >= 0.3 is 0 Å². The van der Waals surface area contributed by atoms with E-state index in [9.17, 15) is 4.79 Å². The first kappa shape index (κ1) is 22.9. The quantitative estimate of drug-likeness (QED) is 0.354. The molecule has 0 aliphatic heterocycles. The summed E-state index contributed by atoms with van der Waals surface area (Å²) in [6.07, 6.45) is 0. The molecule has 0 radical (unpaired) electrons. The number of nitrogens with zero attached hydrogens (tertiary/aromatic N) is 4. The molecular formula is C26H29ClN4O2. The maximum Gasteiger partial charge on any atom is 0.253 e. The highest BCUT2D eigenvalue weighted by Crippen LogP contribution is 2.29. The molecule has 0 saturated carbocycles. The lowest BCUT2D eigenvalue weighted by Gasteiger charge is -2.18. The zero-order valence-electron chi connectivity index (χ0n) is 19.9. The van der Waals surface area contributed by atoms with Gasteiger partial charge in [0.2, 0.25) is 5.28 Å². The lowest BCUT2D eigenvalue weighted by Crippen LogP contribution is -2.26. The van der Waals surface area contributed by atoms with Crippen LogP contribution in [-0.2, 0) is 6.54 Å². The van der Waals surface area contributed by atoms with E-state index in [4.69, 9.17) is 16.3 Å². The number of benzene rings is 2. The number of imidazole rings is 1. The number of carbonyl (C=O) groups excluding carboxylic acids is 1. The number of rotatable bonds is 6. The van der Waals surface area contributed by atoms with E-state index in [1.54, 1.807) is 12.0 Å². The molecule has 0 saturated heterocycles. The van der Waals surface area contributed by atoms with Gasteiger partial charge in [-0.25, -0.2) is 4.98 Å². The summed E-state index contributed by atoms with van der Waals surface area (Å²) in [7, 11) is 3.50. The van der Waals surface area contributed by atoms with Crippen LogP contribution in [-0.4, -0.2) is 39.1 Å². The molecule has 4 rings (SSSR count). The van der Waals surface area contributed by atoms with Gasteiger partial charge in [0.1, 0.15) is 5.75 Å². The highest BCUT2D eigenvalue weighted by molar-refractivity contribution is 6.29. The Hall–Kier alpha value is -3.25. The second-order valence-corrected chi connectivity index (χ2v) is 8.95. The van der Waals surface area contributed by atoms with Gasteiger partial charge < -0.3 is 18.8 Å². The van der Waals surface area contributed by atoms with Crippen LogP contribution < -0.4 is 4.74 Å². The van der Waals surface area contributed by atoms with Crippen LogP contribution in [0, 0.1) is 13.8 Å². The molecule has 7 heteroatoms. The van der Waals surface area contributed by atoms with Gasteiger partial charge in [0.25, 0.3) is 5.91 Å². The van der Waals surface area contributed by atoms with Gasteiger partial charge in [-0.3, -0.25) is 4.79 Å². The third-order valence-corrected chi connectivity index (χ3v) is 6.29.